The first kappa shape index (κ1) is 15.5. The summed E-state index contributed by atoms with van der Waals surface area (Å²) in [5, 5.41) is 10.1. The molecule has 0 bridgehead atoms. The van der Waals surface area contributed by atoms with E-state index < -0.39 is 23.9 Å². The number of alkyl halides is 3. The van der Waals surface area contributed by atoms with Crippen LogP contribution in [0.4, 0.5) is 13.2 Å². The van der Waals surface area contributed by atoms with Crippen molar-refractivity contribution in [3.8, 4) is 0 Å². The van der Waals surface area contributed by atoms with Gasteiger partial charge in [-0.25, -0.2) is 0 Å². The lowest BCUT2D eigenvalue weighted by atomic mass is 9.95. The highest BCUT2D eigenvalue weighted by Gasteiger charge is 2.31. The molecule has 0 spiro atoms. The van der Waals surface area contributed by atoms with E-state index in [1.165, 1.54) is 12.1 Å². The van der Waals surface area contributed by atoms with Gasteiger partial charge in [0.2, 0.25) is 0 Å². The zero-order chi connectivity index (χ0) is 15.5. The van der Waals surface area contributed by atoms with Crippen LogP contribution >= 0.6 is 0 Å². The van der Waals surface area contributed by atoms with Crippen molar-refractivity contribution in [2.45, 2.75) is 24.7 Å². The summed E-state index contributed by atoms with van der Waals surface area (Å²) < 4.78 is 38.0. The lowest BCUT2D eigenvalue weighted by Crippen LogP contribution is -2.28. The SMILES string of the molecule is N[C@@H](c1cccc(C(F)(F)F)c1)[C@H](O)Cc1ccccc1. The Morgan fingerprint density at radius 1 is 1.00 bits per heavy atom. The van der Waals surface area contributed by atoms with E-state index in [-0.39, 0.29) is 12.0 Å². The summed E-state index contributed by atoms with van der Waals surface area (Å²) in [5.74, 6) is 0. The molecule has 2 nitrogen and oxygen atoms in total. The van der Waals surface area contributed by atoms with Crippen LogP contribution in [-0.2, 0) is 12.6 Å². The monoisotopic (exact) mass is 295 g/mol. The van der Waals surface area contributed by atoms with E-state index >= 15 is 0 Å². The third kappa shape index (κ3) is 4.06. The summed E-state index contributed by atoms with van der Waals surface area (Å²) in [5.41, 5.74) is 6.27. The van der Waals surface area contributed by atoms with Gasteiger partial charge in [-0.3, -0.25) is 0 Å². The Labute approximate surface area is 121 Å². The molecular formula is C16H16F3NO. The van der Waals surface area contributed by atoms with Crippen molar-refractivity contribution in [1.29, 1.82) is 0 Å². The Morgan fingerprint density at radius 2 is 1.67 bits per heavy atom. The smallest absolute Gasteiger partial charge is 0.391 e. The molecule has 112 valence electrons. The van der Waals surface area contributed by atoms with E-state index in [1.807, 2.05) is 30.3 Å². The van der Waals surface area contributed by atoms with Crippen molar-refractivity contribution >= 4 is 0 Å². The maximum Gasteiger partial charge on any atom is 0.416 e. The van der Waals surface area contributed by atoms with Gasteiger partial charge in [0.15, 0.2) is 0 Å². The van der Waals surface area contributed by atoms with E-state index in [2.05, 4.69) is 0 Å². The number of aliphatic hydroxyl groups is 1. The molecule has 21 heavy (non-hydrogen) atoms. The quantitative estimate of drug-likeness (QED) is 0.909. The van der Waals surface area contributed by atoms with Gasteiger partial charge in [-0.15, -0.1) is 0 Å². The maximum atomic E-state index is 12.7. The lowest BCUT2D eigenvalue weighted by Gasteiger charge is -2.20. The Balaban J connectivity index is 2.14. The summed E-state index contributed by atoms with van der Waals surface area (Å²) in [6.07, 6.45) is -5.07. The average molecular weight is 295 g/mol. The normalized spacial score (nSPS) is 14.7. The molecule has 0 aliphatic rings. The standard InChI is InChI=1S/C16H16F3NO/c17-16(18,19)13-8-4-7-12(10-13)15(20)14(21)9-11-5-2-1-3-6-11/h1-8,10,14-15,21H,9,20H2/t14-,15+/m1/s1. The molecule has 2 aromatic rings. The second-order valence-corrected chi connectivity index (χ2v) is 4.91. The van der Waals surface area contributed by atoms with E-state index in [4.69, 9.17) is 5.73 Å². The number of halogens is 3. The third-order valence-electron chi connectivity index (χ3n) is 3.30. The van der Waals surface area contributed by atoms with Gasteiger partial charge in [-0.1, -0.05) is 42.5 Å². The lowest BCUT2D eigenvalue weighted by molar-refractivity contribution is -0.137. The van der Waals surface area contributed by atoms with Gasteiger partial charge in [0.25, 0.3) is 0 Å². The van der Waals surface area contributed by atoms with Gasteiger partial charge < -0.3 is 10.8 Å². The van der Waals surface area contributed by atoms with Crippen molar-refractivity contribution in [2.75, 3.05) is 0 Å². The van der Waals surface area contributed by atoms with Crippen LogP contribution in [0.25, 0.3) is 0 Å². The fraction of sp³-hybridized carbons (Fsp3) is 0.250. The summed E-state index contributed by atoms with van der Waals surface area (Å²) in [6.45, 7) is 0. The summed E-state index contributed by atoms with van der Waals surface area (Å²) >= 11 is 0. The number of benzene rings is 2. The first-order chi connectivity index (χ1) is 9.88. The van der Waals surface area contributed by atoms with Gasteiger partial charge in [-0.2, -0.15) is 13.2 Å². The van der Waals surface area contributed by atoms with Gasteiger partial charge in [-0.05, 0) is 23.3 Å². The number of aliphatic hydroxyl groups excluding tert-OH is 1. The average Bonchev–Trinajstić information content (AvgIpc) is 2.46. The molecule has 0 fully saturated rings. The van der Waals surface area contributed by atoms with Crippen LogP contribution in [0.2, 0.25) is 0 Å². The number of hydrogen-bond donors (Lipinski definition) is 2. The minimum Gasteiger partial charge on any atom is -0.391 e. The molecule has 0 saturated carbocycles. The van der Waals surface area contributed by atoms with Crippen LogP contribution in [-0.4, -0.2) is 11.2 Å². The molecular weight excluding hydrogens is 279 g/mol. The Morgan fingerprint density at radius 3 is 2.29 bits per heavy atom. The molecule has 2 atom stereocenters. The minimum absolute atomic E-state index is 0.272. The topological polar surface area (TPSA) is 46.2 Å². The second-order valence-electron chi connectivity index (χ2n) is 4.91. The zero-order valence-electron chi connectivity index (χ0n) is 11.2. The molecule has 2 aromatic carbocycles. The van der Waals surface area contributed by atoms with Crippen molar-refractivity contribution in [3.05, 3.63) is 71.3 Å². The van der Waals surface area contributed by atoms with Crippen LogP contribution in [0.3, 0.4) is 0 Å². The van der Waals surface area contributed by atoms with Crippen LogP contribution in [0.15, 0.2) is 54.6 Å². The van der Waals surface area contributed by atoms with Gasteiger partial charge in [0.05, 0.1) is 17.7 Å². The highest BCUT2D eigenvalue weighted by Crippen LogP contribution is 2.31. The van der Waals surface area contributed by atoms with E-state index in [0.29, 0.717) is 0 Å². The summed E-state index contributed by atoms with van der Waals surface area (Å²) in [4.78, 5) is 0. The van der Waals surface area contributed by atoms with Gasteiger partial charge in [0, 0.05) is 6.42 Å². The highest BCUT2D eigenvalue weighted by atomic mass is 19.4. The van der Waals surface area contributed by atoms with E-state index in [1.54, 1.807) is 0 Å². The molecule has 0 aliphatic heterocycles. The van der Waals surface area contributed by atoms with Crippen molar-refractivity contribution in [3.63, 3.8) is 0 Å². The molecule has 0 radical (unpaired) electrons. The predicted octanol–water partition coefficient (Wildman–Crippen LogP) is 3.31. The van der Waals surface area contributed by atoms with Crippen molar-refractivity contribution < 1.29 is 18.3 Å². The second kappa shape index (κ2) is 6.28. The minimum atomic E-state index is -4.42. The zero-order valence-corrected chi connectivity index (χ0v) is 11.2. The van der Waals surface area contributed by atoms with Crippen molar-refractivity contribution in [2.24, 2.45) is 5.73 Å². The molecule has 0 saturated heterocycles. The molecule has 2 rings (SSSR count). The molecule has 0 aliphatic carbocycles. The van der Waals surface area contributed by atoms with Gasteiger partial charge >= 0.3 is 6.18 Å². The van der Waals surface area contributed by atoms with Gasteiger partial charge in [0.1, 0.15) is 0 Å². The van der Waals surface area contributed by atoms with E-state index in [9.17, 15) is 18.3 Å². The van der Waals surface area contributed by atoms with Crippen LogP contribution < -0.4 is 5.73 Å². The summed E-state index contributed by atoms with van der Waals surface area (Å²) in [6, 6.07) is 13.1. The van der Waals surface area contributed by atoms with E-state index in [0.717, 1.165) is 17.7 Å². The third-order valence-corrected chi connectivity index (χ3v) is 3.30. The molecule has 0 unspecified atom stereocenters. The number of hydrogen-bond acceptors (Lipinski definition) is 2. The van der Waals surface area contributed by atoms with Crippen LogP contribution in [0, 0.1) is 0 Å². The van der Waals surface area contributed by atoms with Crippen LogP contribution in [0.1, 0.15) is 22.7 Å². The fourth-order valence-corrected chi connectivity index (χ4v) is 2.13. The van der Waals surface area contributed by atoms with Crippen LogP contribution in [0.5, 0.6) is 0 Å². The fourth-order valence-electron chi connectivity index (χ4n) is 2.13. The summed E-state index contributed by atoms with van der Waals surface area (Å²) in [7, 11) is 0. The van der Waals surface area contributed by atoms with Crippen molar-refractivity contribution in [1.82, 2.24) is 0 Å². The molecule has 3 N–H and O–H groups in total. The maximum absolute atomic E-state index is 12.7. The highest BCUT2D eigenvalue weighted by molar-refractivity contribution is 5.29. The Kier molecular flexibility index (Phi) is 4.65. The Bertz CT molecular complexity index is 584. The Hall–Kier alpha value is -1.85. The number of nitrogens with two attached hydrogens (primary N) is 1. The molecule has 0 aromatic heterocycles. The number of rotatable bonds is 4. The molecule has 0 heterocycles. The first-order valence-corrected chi connectivity index (χ1v) is 6.52. The first-order valence-electron chi connectivity index (χ1n) is 6.52. The molecule has 0 amide bonds. The predicted molar refractivity (Wildman–Crippen MR) is 74.5 cm³/mol. The molecule has 5 heteroatoms. The largest absolute Gasteiger partial charge is 0.416 e.